The Hall–Kier alpha value is -1.49. The first-order chi connectivity index (χ1) is 9.04. The Bertz CT molecular complexity index is 479. The topological polar surface area (TPSA) is 46.3 Å². The molecule has 1 aliphatic rings. The monoisotopic (exact) mass is 268 g/mol. The van der Waals surface area contributed by atoms with Gasteiger partial charge in [-0.05, 0) is 37.0 Å². The second kappa shape index (κ2) is 5.65. The van der Waals surface area contributed by atoms with Gasteiger partial charge in [-0.25, -0.2) is 8.78 Å². The number of hydrogen-bond donors (Lipinski definition) is 1. The fourth-order valence-corrected chi connectivity index (χ4v) is 2.68. The van der Waals surface area contributed by atoms with E-state index in [4.69, 9.17) is 5.73 Å². The van der Waals surface area contributed by atoms with E-state index in [1.54, 1.807) is 4.90 Å². The van der Waals surface area contributed by atoms with E-state index < -0.39 is 17.5 Å². The number of benzene rings is 1. The molecule has 0 aromatic heterocycles. The number of halogens is 2. The Balaban J connectivity index is 2.29. The number of nitrogens with two attached hydrogens (primary N) is 1. The van der Waals surface area contributed by atoms with Crippen molar-refractivity contribution in [1.29, 1.82) is 0 Å². The molecule has 5 heteroatoms. The van der Waals surface area contributed by atoms with E-state index >= 15 is 0 Å². The molecule has 0 radical (unpaired) electrons. The molecule has 2 N–H and O–H groups in total. The summed E-state index contributed by atoms with van der Waals surface area (Å²) < 4.78 is 26.8. The molecule has 1 aliphatic heterocycles. The van der Waals surface area contributed by atoms with Crippen LogP contribution in [0.4, 0.5) is 8.78 Å². The molecular formula is C14H18F2N2O. The first-order valence-corrected chi connectivity index (χ1v) is 6.50. The average Bonchev–Trinajstić information content (AvgIpc) is 2.40. The van der Waals surface area contributed by atoms with E-state index in [-0.39, 0.29) is 17.5 Å². The van der Waals surface area contributed by atoms with E-state index in [0.29, 0.717) is 13.1 Å². The number of amides is 1. The molecule has 19 heavy (non-hydrogen) atoms. The lowest BCUT2D eigenvalue weighted by Crippen LogP contribution is -2.51. The quantitative estimate of drug-likeness (QED) is 0.893. The van der Waals surface area contributed by atoms with Crippen LogP contribution in [0.2, 0.25) is 0 Å². The Kier molecular flexibility index (Phi) is 4.14. The number of rotatable bonds is 2. The molecule has 104 valence electrons. The summed E-state index contributed by atoms with van der Waals surface area (Å²) in [6, 6.07) is 2.83. The van der Waals surface area contributed by atoms with Crippen molar-refractivity contribution in [3.63, 3.8) is 0 Å². The molecule has 2 rings (SSSR count). The summed E-state index contributed by atoms with van der Waals surface area (Å²) in [6.45, 7) is 2.91. The lowest BCUT2D eigenvalue weighted by Gasteiger charge is -2.39. The van der Waals surface area contributed by atoms with Crippen molar-refractivity contribution in [2.45, 2.75) is 25.8 Å². The first-order valence-electron chi connectivity index (χ1n) is 6.50. The highest BCUT2D eigenvalue weighted by Gasteiger charge is 2.32. The smallest absolute Gasteiger partial charge is 0.257 e. The van der Waals surface area contributed by atoms with Gasteiger partial charge in [-0.15, -0.1) is 0 Å². The van der Waals surface area contributed by atoms with Gasteiger partial charge in [0.2, 0.25) is 0 Å². The van der Waals surface area contributed by atoms with Crippen LogP contribution in [0.3, 0.4) is 0 Å². The SMILES string of the molecule is C[C@@H]1CCCN(C(=O)c2cc(F)ccc2F)[C@H]1CN. The lowest BCUT2D eigenvalue weighted by atomic mass is 9.90. The van der Waals surface area contributed by atoms with Crippen LogP contribution in [0.25, 0.3) is 0 Å². The van der Waals surface area contributed by atoms with Gasteiger partial charge in [-0.1, -0.05) is 6.92 Å². The Morgan fingerprint density at radius 3 is 2.89 bits per heavy atom. The zero-order valence-electron chi connectivity index (χ0n) is 10.9. The number of nitrogens with zero attached hydrogens (tertiary/aromatic N) is 1. The first kappa shape index (κ1) is 13.9. The van der Waals surface area contributed by atoms with Crippen LogP contribution in [0.5, 0.6) is 0 Å². The normalized spacial score (nSPS) is 23.5. The molecule has 1 heterocycles. The second-order valence-corrected chi connectivity index (χ2v) is 5.05. The molecule has 1 amide bonds. The van der Waals surface area contributed by atoms with Crippen molar-refractivity contribution < 1.29 is 13.6 Å². The third-order valence-corrected chi connectivity index (χ3v) is 3.78. The molecule has 2 atom stereocenters. The minimum atomic E-state index is -0.694. The summed E-state index contributed by atoms with van der Waals surface area (Å²) in [4.78, 5) is 13.9. The standard InChI is InChI=1S/C14H18F2N2O/c1-9-3-2-6-18(13(9)8-17)14(19)11-7-10(15)4-5-12(11)16/h4-5,7,9,13H,2-3,6,8,17H2,1H3/t9-,13+/m1/s1. The highest BCUT2D eigenvalue weighted by atomic mass is 19.1. The van der Waals surface area contributed by atoms with Crippen molar-refractivity contribution >= 4 is 5.91 Å². The van der Waals surface area contributed by atoms with Gasteiger partial charge in [0.1, 0.15) is 11.6 Å². The van der Waals surface area contributed by atoms with Gasteiger partial charge in [0.05, 0.1) is 5.56 Å². The second-order valence-electron chi connectivity index (χ2n) is 5.05. The van der Waals surface area contributed by atoms with Crippen LogP contribution in [0.15, 0.2) is 18.2 Å². The zero-order valence-corrected chi connectivity index (χ0v) is 10.9. The molecule has 0 unspecified atom stereocenters. The van der Waals surface area contributed by atoms with Crippen LogP contribution in [0, 0.1) is 17.6 Å². The lowest BCUT2D eigenvalue weighted by molar-refractivity contribution is 0.0527. The average molecular weight is 268 g/mol. The Morgan fingerprint density at radius 2 is 2.21 bits per heavy atom. The molecule has 0 bridgehead atoms. The van der Waals surface area contributed by atoms with Gasteiger partial charge in [0, 0.05) is 19.1 Å². The van der Waals surface area contributed by atoms with Crippen LogP contribution in [-0.4, -0.2) is 29.9 Å². The predicted octanol–water partition coefficient (Wildman–Crippen LogP) is 2.16. The third kappa shape index (κ3) is 2.76. The molecule has 0 aliphatic carbocycles. The largest absolute Gasteiger partial charge is 0.334 e. The van der Waals surface area contributed by atoms with Crippen molar-refractivity contribution in [2.24, 2.45) is 11.7 Å². The van der Waals surface area contributed by atoms with Gasteiger partial charge in [0.25, 0.3) is 5.91 Å². The fourth-order valence-electron chi connectivity index (χ4n) is 2.68. The molecule has 1 aromatic carbocycles. The molecule has 0 saturated carbocycles. The summed E-state index contributed by atoms with van der Waals surface area (Å²) in [5, 5.41) is 0. The minimum Gasteiger partial charge on any atom is -0.334 e. The van der Waals surface area contributed by atoms with Gasteiger partial charge >= 0.3 is 0 Å². The molecule has 1 aromatic rings. The van der Waals surface area contributed by atoms with E-state index in [1.807, 2.05) is 6.92 Å². The number of piperidine rings is 1. The third-order valence-electron chi connectivity index (χ3n) is 3.78. The van der Waals surface area contributed by atoms with Crippen LogP contribution < -0.4 is 5.73 Å². The van der Waals surface area contributed by atoms with E-state index in [9.17, 15) is 13.6 Å². The molecule has 1 saturated heterocycles. The fraction of sp³-hybridized carbons (Fsp3) is 0.500. The number of carbonyl (C=O) groups is 1. The van der Waals surface area contributed by atoms with Crippen LogP contribution in [0.1, 0.15) is 30.1 Å². The van der Waals surface area contributed by atoms with E-state index in [2.05, 4.69) is 0 Å². The summed E-state index contributed by atoms with van der Waals surface area (Å²) in [5.41, 5.74) is 5.49. The van der Waals surface area contributed by atoms with Gasteiger partial charge in [-0.3, -0.25) is 4.79 Å². The van der Waals surface area contributed by atoms with Gasteiger partial charge < -0.3 is 10.6 Å². The van der Waals surface area contributed by atoms with Crippen molar-refractivity contribution in [3.8, 4) is 0 Å². The van der Waals surface area contributed by atoms with Crippen LogP contribution >= 0.6 is 0 Å². The van der Waals surface area contributed by atoms with Gasteiger partial charge in [-0.2, -0.15) is 0 Å². The maximum atomic E-state index is 13.7. The molecule has 3 nitrogen and oxygen atoms in total. The predicted molar refractivity (Wildman–Crippen MR) is 68.6 cm³/mol. The number of carbonyl (C=O) groups excluding carboxylic acids is 1. The summed E-state index contributed by atoms with van der Waals surface area (Å²) >= 11 is 0. The highest BCUT2D eigenvalue weighted by Crippen LogP contribution is 2.25. The zero-order chi connectivity index (χ0) is 14.0. The maximum Gasteiger partial charge on any atom is 0.257 e. The molecule has 1 fully saturated rings. The van der Waals surface area contributed by atoms with Crippen molar-refractivity contribution in [2.75, 3.05) is 13.1 Å². The van der Waals surface area contributed by atoms with Crippen LogP contribution in [-0.2, 0) is 0 Å². The molecular weight excluding hydrogens is 250 g/mol. The van der Waals surface area contributed by atoms with Crippen molar-refractivity contribution in [3.05, 3.63) is 35.4 Å². The molecule has 0 spiro atoms. The van der Waals surface area contributed by atoms with E-state index in [0.717, 1.165) is 31.0 Å². The highest BCUT2D eigenvalue weighted by molar-refractivity contribution is 5.94. The summed E-state index contributed by atoms with van der Waals surface area (Å²) in [7, 11) is 0. The Labute approximate surface area is 111 Å². The summed E-state index contributed by atoms with van der Waals surface area (Å²) in [6.07, 6.45) is 1.86. The van der Waals surface area contributed by atoms with E-state index in [1.165, 1.54) is 0 Å². The number of hydrogen-bond acceptors (Lipinski definition) is 2. The Morgan fingerprint density at radius 1 is 1.47 bits per heavy atom. The maximum absolute atomic E-state index is 13.7. The number of likely N-dealkylation sites (tertiary alicyclic amines) is 1. The van der Waals surface area contributed by atoms with Gasteiger partial charge in [0.15, 0.2) is 0 Å². The minimum absolute atomic E-state index is 0.107. The van der Waals surface area contributed by atoms with Crippen molar-refractivity contribution in [1.82, 2.24) is 4.90 Å². The summed E-state index contributed by atoms with van der Waals surface area (Å²) in [5.74, 6) is -1.50.